The number of benzene rings is 1. The lowest BCUT2D eigenvalue weighted by Gasteiger charge is -2.12. The van der Waals surface area contributed by atoms with E-state index in [2.05, 4.69) is 17.0 Å². The maximum absolute atomic E-state index is 12.5. The summed E-state index contributed by atoms with van der Waals surface area (Å²) in [6, 6.07) is 8.00. The summed E-state index contributed by atoms with van der Waals surface area (Å²) in [5, 5.41) is 3.38. The molecule has 4 nitrogen and oxygen atoms in total. The molecule has 2 saturated carbocycles. The second kappa shape index (κ2) is 5.47. The molecule has 3 rings (SSSR count). The molecule has 2 atom stereocenters. The first-order valence-corrected chi connectivity index (χ1v) is 8.92. The predicted octanol–water partition coefficient (Wildman–Crippen LogP) is 2.02. The molecule has 0 spiro atoms. The second-order valence-electron chi connectivity index (χ2n) is 5.89. The van der Waals surface area contributed by atoms with Crippen LogP contribution in [0.15, 0.2) is 29.2 Å². The summed E-state index contributed by atoms with van der Waals surface area (Å²) in [5.41, 5.74) is 0.862. The van der Waals surface area contributed by atoms with Gasteiger partial charge in [0.25, 0.3) is 0 Å². The first-order valence-electron chi connectivity index (χ1n) is 7.44. The zero-order valence-electron chi connectivity index (χ0n) is 11.8. The van der Waals surface area contributed by atoms with Crippen LogP contribution < -0.4 is 10.0 Å². The number of hydrogen-bond donors (Lipinski definition) is 2. The van der Waals surface area contributed by atoms with Gasteiger partial charge in [-0.15, -0.1) is 0 Å². The van der Waals surface area contributed by atoms with Gasteiger partial charge in [-0.25, -0.2) is 13.1 Å². The Morgan fingerprint density at radius 1 is 1.25 bits per heavy atom. The van der Waals surface area contributed by atoms with Crippen LogP contribution in [0.2, 0.25) is 0 Å². The lowest BCUT2D eigenvalue weighted by Crippen LogP contribution is -2.29. The molecule has 1 aromatic carbocycles. The van der Waals surface area contributed by atoms with E-state index >= 15 is 0 Å². The van der Waals surface area contributed by atoms with Crippen LogP contribution in [0.25, 0.3) is 0 Å². The van der Waals surface area contributed by atoms with Crippen molar-refractivity contribution >= 4 is 10.0 Å². The van der Waals surface area contributed by atoms with Crippen molar-refractivity contribution in [1.82, 2.24) is 10.0 Å². The van der Waals surface area contributed by atoms with E-state index < -0.39 is 10.0 Å². The van der Waals surface area contributed by atoms with Crippen molar-refractivity contribution in [3.63, 3.8) is 0 Å². The smallest absolute Gasteiger partial charge is 0.241 e. The minimum absolute atomic E-state index is 0.134. The van der Waals surface area contributed by atoms with E-state index in [1.807, 2.05) is 12.1 Å². The van der Waals surface area contributed by atoms with Crippen molar-refractivity contribution in [3.8, 4) is 0 Å². The Kier molecular flexibility index (Phi) is 3.84. The highest BCUT2D eigenvalue weighted by atomic mass is 32.2. The molecule has 2 aliphatic rings. The minimum Gasteiger partial charge on any atom is -0.310 e. The molecule has 0 bridgehead atoms. The molecule has 0 amide bonds. The Morgan fingerprint density at radius 2 is 2.00 bits per heavy atom. The van der Waals surface area contributed by atoms with Crippen LogP contribution in [0.1, 0.15) is 38.2 Å². The molecule has 0 saturated heterocycles. The van der Waals surface area contributed by atoms with Crippen LogP contribution in [0.4, 0.5) is 0 Å². The third kappa shape index (κ3) is 3.22. The molecule has 0 radical (unpaired) electrons. The predicted molar refractivity (Wildman–Crippen MR) is 78.8 cm³/mol. The molecule has 1 aromatic rings. The Hall–Kier alpha value is -0.910. The number of nitrogens with one attached hydrogen (secondary N) is 2. The van der Waals surface area contributed by atoms with Crippen molar-refractivity contribution in [3.05, 3.63) is 29.8 Å². The quantitative estimate of drug-likeness (QED) is 0.809. The fourth-order valence-electron chi connectivity index (χ4n) is 2.56. The summed E-state index contributed by atoms with van der Waals surface area (Å²) < 4.78 is 27.8. The molecular weight excluding hydrogens is 272 g/mol. The first-order chi connectivity index (χ1) is 9.60. The Bertz CT molecular complexity index is 581. The van der Waals surface area contributed by atoms with Crippen molar-refractivity contribution in [1.29, 1.82) is 0 Å². The van der Waals surface area contributed by atoms with E-state index in [9.17, 15) is 8.42 Å². The summed E-state index contributed by atoms with van der Waals surface area (Å²) in [4.78, 5) is 0.426. The van der Waals surface area contributed by atoms with E-state index in [-0.39, 0.29) is 6.04 Å². The fourth-order valence-corrected chi connectivity index (χ4v) is 4.12. The van der Waals surface area contributed by atoms with Gasteiger partial charge in [-0.2, -0.15) is 0 Å². The van der Waals surface area contributed by atoms with Gasteiger partial charge in [0.1, 0.15) is 0 Å². The van der Waals surface area contributed by atoms with Gasteiger partial charge in [0.2, 0.25) is 10.0 Å². The van der Waals surface area contributed by atoms with Crippen LogP contribution >= 0.6 is 0 Å². The molecule has 20 heavy (non-hydrogen) atoms. The molecule has 5 heteroatoms. The topological polar surface area (TPSA) is 58.2 Å². The Labute approximate surface area is 121 Å². The van der Waals surface area contributed by atoms with Gasteiger partial charge < -0.3 is 5.32 Å². The monoisotopic (exact) mass is 294 g/mol. The fraction of sp³-hybridized carbons (Fsp3) is 0.600. The summed E-state index contributed by atoms with van der Waals surface area (Å²) in [6.07, 6.45) is 4.41. The normalized spacial score (nSPS) is 25.6. The highest BCUT2D eigenvalue weighted by Gasteiger charge is 2.39. The average Bonchev–Trinajstić information content (AvgIpc) is 3.32. The van der Waals surface area contributed by atoms with E-state index in [1.165, 1.54) is 12.8 Å². The minimum atomic E-state index is -3.39. The van der Waals surface area contributed by atoms with Gasteiger partial charge in [-0.1, -0.05) is 31.5 Å². The lowest BCUT2D eigenvalue weighted by molar-refractivity contribution is 0.573. The van der Waals surface area contributed by atoms with Crippen molar-refractivity contribution < 1.29 is 8.42 Å². The molecule has 2 fully saturated rings. The van der Waals surface area contributed by atoms with Crippen molar-refractivity contribution in [2.75, 3.05) is 0 Å². The highest BCUT2D eigenvalue weighted by Crippen LogP contribution is 2.34. The summed E-state index contributed by atoms with van der Waals surface area (Å²) in [7, 11) is -3.39. The lowest BCUT2D eigenvalue weighted by atomic mass is 10.2. The maximum atomic E-state index is 12.5. The average molecular weight is 294 g/mol. The molecule has 0 aliphatic heterocycles. The zero-order chi connectivity index (χ0) is 14.2. The third-order valence-electron chi connectivity index (χ3n) is 4.17. The van der Waals surface area contributed by atoms with Crippen molar-refractivity contribution in [2.45, 2.75) is 56.1 Å². The Balaban J connectivity index is 1.73. The first kappa shape index (κ1) is 14.0. The van der Waals surface area contributed by atoms with Gasteiger partial charge in [0, 0.05) is 18.6 Å². The van der Waals surface area contributed by atoms with Gasteiger partial charge in [-0.3, -0.25) is 0 Å². The highest BCUT2D eigenvalue weighted by molar-refractivity contribution is 7.89. The van der Waals surface area contributed by atoms with E-state index in [1.54, 1.807) is 12.1 Å². The van der Waals surface area contributed by atoms with Crippen LogP contribution in [0.5, 0.6) is 0 Å². The van der Waals surface area contributed by atoms with Gasteiger partial charge >= 0.3 is 0 Å². The van der Waals surface area contributed by atoms with Crippen LogP contribution in [-0.4, -0.2) is 20.5 Å². The Morgan fingerprint density at radius 3 is 2.65 bits per heavy atom. The van der Waals surface area contributed by atoms with Gasteiger partial charge in [0.05, 0.1) is 4.90 Å². The number of rotatable bonds is 7. The summed E-state index contributed by atoms with van der Waals surface area (Å²) in [5.74, 6) is 0.515. The SMILES string of the molecule is CCC1CC1NS(=O)(=O)c1ccccc1CNC1CC1. The zero-order valence-corrected chi connectivity index (χ0v) is 12.6. The number of sulfonamides is 1. The maximum Gasteiger partial charge on any atom is 0.241 e. The summed E-state index contributed by atoms with van der Waals surface area (Å²) in [6.45, 7) is 2.73. The molecular formula is C15H22N2O2S. The molecule has 110 valence electrons. The van der Waals surface area contributed by atoms with E-state index in [0.29, 0.717) is 23.4 Å². The third-order valence-corrected chi connectivity index (χ3v) is 5.76. The van der Waals surface area contributed by atoms with Crippen LogP contribution in [-0.2, 0) is 16.6 Å². The van der Waals surface area contributed by atoms with E-state index in [0.717, 1.165) is 18.4 Å². The van der Waals surface area contributed by atoms with Gasteiger partial charge in [-0.05, 0) is 36.8 Å². The molecule has 0 heterocycles. The molecule has 0 aromatic heterocycles. The number of hydrogen-bond acceptors (Lipinski definition) is 3. The van der Waals surface area contributed by atoms with Gasteiger partial charge in [0.15, 0.2) is 0 Å². The summed E-state index contributed by atoms with van der Waals surface area (Å²) >= 11 is 0. The molecule has 2 N–H and O–H groups in total. The van der Waals surface area contributed by atoms with Crippen LogP contribution in [0, 0.1) is 5.92 Å². The standard InChI is InChI=1S/C15H22N2O2S/c1-2-11-9-14(11)17-20(18,19)15-6-4-3-5-12(15)10-16-13-7-8-13/h3-6,11,13-14,16-17H,2,7-10H2,1H3. The van der Waals surface area contributed by atoms with Crippen molar-refractivity contribution in [2.24, 2.45) is 5.92 Å². The van der Waals surface area contributed by atoms with Crippen LogP contribution in [0.3, 0.4) is 0 Å². The second-order valence-corrected chi connectivity index (χ2v) is 7.58. The molecule has 2 unspecified atom stereocenters. The largest absolute Gasteiger partial charge is 0.310 e. The molecule has 2 aliphatic carbocycles. The van der Waals surface area contributed by atoms with E-state index in [4.69, 9.17) is 0 Å².